The van der Waals surface area contributed by atoms with E-state index in [0.717, 1.165) is 12.1 Å². The van der Waals surface area contributed by atoms with Crippen LogP contribution in [0.1, 0.15) is 10.5 Å². The number of rotatable bonds is 2. The molecular formula is C10H7BrF2N4O. The molecule has 5 nitrogen and oxygen atoms in total. The fraction of sp³-hybridized carbons (Fsp3) is 0. The van der Waals surface area contributed by atoms with E-state index in [2.05, 4.69) is 31.4 Å². The Morgan fingerprint density at radius 1 is 1.33 bits per heavy atom. The molecule has 0 saturated carbocycles. The SMILES string of the molecule is Nc1cc(C(=O)Nc2c(F)cc(Br)cc2F)[nH]n1. The fourth-order valence-corrected chi connectivity index (χ4v) is 1.70. The topological polar surface area (TPSA) is 83.8 Å². The summed E-state index contributed by atoms with van der Waals surface area (Å²) in [5, 5.41) is 7.97. The molecule has 1 aromatic carbocycles. The summed E-state index contributed by atoms with van der Waals surface area (Å²) in [5.41, 5.74) is 4.79. The molecule has 0 aliphatic carbocycles. The van der Waals surface area contributed by atoms with Gasteiger partial charge in [-0.3, -0.25) is 9.89 Å². The Bertz CT molecular complexity index is 591. The number of nitrogens with two attached hydrogens (primary N) is 1. The highest BCUT2D eigenvalue weighted by Crippen LogP contribution is 2.24. The van der Waals surface area contributed by atoms with E-state index in [9.17, 15) is 13.6 Å². The van der Waals surface area contributed by atoms with Gasteiger partial charge in [0.1, 0.15) is 17.2 Å². The first-order chi connectivity index (χ1) is 8.47. The minimum absolute atomic E-state index is 0.00854. The van der Waals surface area contributed by atoms with E-state index in [0.29, 0.717) is 0 Å². The summed E-state index contributed by atoms with van der Waals surface area (Å²) in [4.78, 5) is 11.6. The molecule has 0 spiro atoms. The van der Waals surface area contributed by atoms with Crippen molar-refractivity contribution in [3.8, 4) is 0 Å². The molecular weight excluding hydrogens is 310 g/mol. The normalized spacial score (nSPS) is 10.4. The molecule has 0 atom stereocenters. The van der Waals surface area contributed by atoms with E-state index in [-0.39, 0.29) is 16.0 Å². The number of aromatic nitrogens is 2. The number of nitrogens with one attached hydrogen (secondary N) is 2. The van der Waals surface area contributed by atoms with Gasteiger partial charge < -0.3 is 11.1 Å². The van der Waals surface area contributed by atoms with Gasteiger partial charge in [-0.1, -0.05) is 15.9 Å². The maximum atomic E-state index is 13.5. The lowest BCUT2D eigenvalue weighted by Crippen LogP contribution is -2.14. The van der Waals surface area contributed by atoms with Gasteiger partial charge in [0, 0.05) is 10.5 Å². The van der Waals surface area contributed by atoms with E-state index in [1.165, 1.54) is 6.07 Å². The molecule has 0 radical (unpaired) electrons. The molecule has 4 N–H and O–H groups in total. The van der Waals surface area contributed by atoms with Crippen molar-refractivity contribution in [1.29, 1.82) is 0 Å². The van der Waals surface area contributed by atoms with Gasteiger partial charge in [-0.05, 0) is 12.1 Å². The number of hydrogen-bond donors (Lipinski definition) is 3. The van der Waals surface area contributed by atoms with Crippen molar-refractivity contribution in [2.24, 2.45) is 0 Å². The lowest BCUT2D eigenvalue weighted by Gasteiger charge is -2.06. The first kappa shape index (κ1) is 12.5. The molecule has 0 fully saturated rings. The maximum absolute atomic E-state index is 13.5. The monoisotopic (exact) mass is 316 g/mol. The summed E-state index contributed by atoms with van der Waals surface area (Å²) >= 11 is 2.94. The number of nitrogen functional groups attached to an aromatic ring is 1. The van der Waals surface area contributed by atoms with E-state index >= 15 is 0 Å². The number of anilines is 2. The summed E-state index contributed by atoms with van der Waals surface area (Å²) in [7, 11) is 0. The third-order valence-corrected chi connectivity index (χ3v) is 2.55. The molecule has 1 aromatic heterocycles. The van der Waals surface area contributed by atoms with Crippen LogP contribution in [0.2, 0.25) is 0 Å². The van der Waals surface area contributed by atoms with Gasteiger partial charge in [0.2, 0.25) is 0 Å². The third-order valence-electron chi connectivity index (χ3n) is 2.09. The first-order valence-electron chi connectivity index (χ1n) is 4.74. The minimum Gasteiger partial charge on any atom is -0.382 e. The standard InChI is InChI=1S/C10H7BrF2N4O/c11-4-1-5(12)9(6(13)2-4)15-10(18)7-3-8(14)17-16-7/h1-3H,(H,15,18)(H3,14,16,17). The summed E-state index contributed by atoms with van der Waals surface area (Å²) in [6.07, 6.45) is 0. The van der Waals surface area contributed by atoms with E-state index in [4.69, 9.17) is 5.73 Å². The zero-order valence-electron chi connectivity index (χ0n) is 8.80. The first-order valence-corrected chi connectivity index (χ1v) is 5.53. The van der Waals surface area contributed by atoms with Crippen LogP contribution in [0.15, 0.2) is 22.7 Å². The lowest BCUT2D eigenvalue weighted by molar-refractivity contribution is 0.102. The number of carbonyl (C=O) groups is 1. The molecule has 1 amide bonds. The molecule has 1 heterocycles. The predicted molar refractivity (Wildman–Crippen MR) is 65.0 cm³/mol. The molecule has 0 aliphatic heterocycles. The highest BCUT2D eigenvalue weighted by molar-refractivity contribution is 9.10. The summed E-state index contributed by atoms with van der Waals surface area (Å²) in [6, 6.07) is 3.34. The van der Waals surface area contributed by atoms with Crippen molar-refractivity contribution >= 4 is 33.3 Å². The summed E-state index contributed by atoms with van der Waals surface area (Å²) < 4.78 is 27.2. The molecule has 0 unspecified atom stereocenters. The minimum atomic E-state index is -0.886. The Kier molecular flexibility index (Phi) is 3.28. The van der Waals surface area contributed by atoms with Crippen molar-refractivity contribution in [2.45, 2.75) is 0 Å². The van der Waals surface area contributed by atoms with Crippen molar-refractivity contribution in [3.05, 3.63) is 40.0 Å². The lowest BCUT2D eigenvalue weighted by atomic mass is 10.2. The predicted octanol–water partition coefficient (Wildman–Crippen LogP) is 2.28. The Hall–Kier alpha value is -1.96. The Morgan fingerprint density at radius 2 is 1.94 bits per heavy atom. The number of H-pyrrole nitrogens is 1. The Labute approximate surface area is 109 Å². The molecule has 0 saturated heterocycles. The van der Waals surface area contributed by atoms with Crippen molar-refractivity contribution in [2.75, 3.05) is 11.1 Å². The second kappa shape index (κ2) is 4.73. The molecule has 8 heteroatoms. The number of benzene rings is 1. The maximum Gasteiger partial charge on any atom is 0.273 e. The number of amides is 1. The van der Waals surface area contributed by atoms with Crippen LogP contribution in [0, 0.1) is 11.6 Å². The van der Waals surface area contributed by atoms with Gasteiger partial charge in [-0.2, -0.15) is 5.10 Å². The highest BCUT2D eigenvalue weighted by Gasteiger charge is 2.16. The molecule has 0 bridgehead atoms. The van der Waals surface area contributed by atoms with Crippen molar-refractivity contribution in [1.82, 2.24) is 10.2 Å². The number of carbonyl (C=O) groups excluding carboxylic acids is 1. The van der Waals surface area contributed by atoms with E-state index < -0.39 is 23.2 Å². The Morgan fingerprint density at radius 3 is 2.44 bits per heavy atom. The van der Waals surface area contributed by atoms with Gasteiger partial charge >= 0.3 is 0 Å². The average Bonchev–Trinajstić information content (AvgIpc) is 2.70. The fourth-order valence-electron chi connectivity index (χ4n) is 1.30. The number of halogens is 3. The van der Waals surface area contributed by atoms with Gasteiger partial charge in [-0.25, -0.2) is 8.78 Å². The number of nitrogens with zero attached hydrogens (tertiary/aromatic N) is 1. The second-order valence-corrected chi connectivity index (χ2v) is 4.32. The van der Waals surface area contributed by atoms with Crippen LogP contribution < -0.4 is 11.1 Å². The van der Waals surface area contributed by atoms with Crippen molar-refractivity contribution < 1.29 is 13.6 Å². The van der Waals surface area contributed by atoms with E-state index in [1.807, 2.05) is 0 Å². The molecule has 0 aliphatic rings. The number of hydrogen-bond acceptors (Lipinski definition) is 3. The van der Waals surface area contributed by atoms with Crippen LogP contribution in [-0.2, 0) is 0 Å². The zero-order valence-corrected chi connectivity index (χ0v) is 10.4. The quantitative estimate of drug-likeness (QED) is 0.794. The summed E-state index contributed by atoms with van der Waals surface area (Å²) in [6.45, 7) is 0. The van der Waals surface area contributed by atoms with Crippen LogP contribution in [0.3, 0.4) is 0 Å². The largest absolute Gasteiger partial charge is 0.382 e. The van der Waals surface area contributed by atoms with Crippen LogP contribution in [0.5, 0.6) is 0 Å². The molecule has 2 rings (SSSR count). The smallest absolute Gasteiger partial charge is 0.273 e. The van der Waals surface area contributed by atoms with Crippen LogP contribution in [0.25, 0.3) is 0 Å². The van der Waals surface area contributed by atoms with Gasteiger partial charge in [0.25, 0.3) is 5.91 Å². The second-order valence-electron chi connectivity index (χ2n) is 3.41. The zero-order chi connectivity index (χ0) is 13.3. The van der Waals surface area contributed by atoms with E-state index in [1.54, 1.807) is 0 Å². The van der Waals surface area contributed by atoms with Crippen LogP contribution in [-0.4, -0.2) is 16.1 Å². The van der Waals surface area contributed by atoms with Gasteiger partial charge in [0.15, 0.2) is 11.6 Å². The molecule has 94 valence electrons. The van der Waals surface area contributed by atoms with Gasteiger partial charge in [0.05, 0.1) is 0 Å². The highest BCUT2D eigenvalue weighted by atomic mass is 79.9. The Balaban J connectivity index is 2.27. The van der Waals surface area contributed by atoms with Crippen LogP contribution >= 0.6 is 15.9 Å². The molecule has 18 heavy (non-hydrogen) atoms. The van der Waals surface area contributed by atoms with Gasteiger partial charge in [-0.15, -0.1) is 0 Å². The van der Waals surface area contributed by atoms with Crippen molar-refractivity contribution in [3.63, 3.8) is 0 Å². The van der Waals surface area contributed by atoms with Crippen LogP contribution in [0.4, 0.5) is 20.3 Å². The molecule has 2 aromatic rings. The summed E-state index contributed by atoms with van der Waals surface area (Å²) in [5.74, 6) is -2.40. The third kappa shape index (κ3) is 2.48. The number of aromatic amines is 1. The average molecular weight is 317 g/mol.